The van der Waals surface area contributed by atoms with Crippen LogP contribution >= 0.6 is 0 Å². The zero-order valence-corrected chi connectivity index (χ0v) is 18.2. The normalized spacial score (nSPS) is 18.3. The lowest BCUT2D eigenvalue weighted by molar-refractivity contribution is -0.165. The van der Waals surface area contributed by atoms with Crippen LogP contribution in [0, 0.1) is 0 Å². The zero-order valence-electron chi connectivity index (χ0n) is 18.2. The number of H-pyrrole nitrogens is 1. The second-order valence-corrected chi connectivity index (χ2v) is 7.62. The van der Waals surface area contributed by atoms with Crippen LogP contribution in [0.5, 0.6) is 11.5 Å². The van der Waals surface area contributed by atoms with Gasteiger partial charge < -0.3 is 34.9 Å². The molecule has 1 aromatic heterocycles. The van der Waals surface area contributed by atoms with Gasteiger partial charge in [-0.3, -0.25) is 4.90 Å². The quantitative estimate of drug-likeness (QED) is 0.436. The summed E-state index contributed by atoms with van der Waals surface area (Å²) >= 11 is 0. The summed E-state index contributed by atoms with van der Waals surface area (Å²) in [6.45, 7) is 4.44. The van der Waals surface area contributed by atoms with Crippen molar-refractivity contribution in [3.8, 4) is 22.6 Å². The number of carbonyl (C=O) groups is 2. The van der Waals surface area contributed by atoms with Crippen LogP contribution in [0.4, 0.5) is 0 Å². The molecule has 2 aliphatic rings. The van der Waals surface area contributed by atoms with E-state index in [1.165, 1.54) is 27.8 Å². The van der Waals surface area contributed by atoms with E-state index < -0.39 is 24.1 Å². The minimum atomic E-state index is -2.27. The highest BCUT2D eigenvalue weighted by molar-refractivity contribution is 5.84. The number of methoxy groups -OCH3 is 2. The highest BCUT2D eigenvalue weighted by atomic mass is 16.5. The van der Waals surface area contributed by atoms with E-state index in [1.54, 1.807) is 14.2 Å². The topological polar surface area (TPSA) is 153 Å². The maximum absolute atomic E-state index is 9.77. The number of fused-ring (bicyclic) bond motifs is 2. The molecule has 1 aliphatic carbocycles. The predicted octanol–water partition coefficient (Wildman–Crippen LogP) is 1.05. The molecule has 3 unspecified atom stereocenters. The molecule has 0 amide bonds. The molecule has 0 spiro atoms. The van der Waals surface area contributed by atoms with Gasteiger partial charge in [-0.05, 0) is 42.1 Å². The number of aromatic amines is 1. The maximum atomic E-state index is 9.77. The summed E-state index contributed by atoms with van der Waals surface area (Å²) in [5.74, 6) is -1.83. The highest BCUT2D eigenvalue weighted by Crippen LogP contribution is 2.52. The second-order valence-electron chi connectivity index (χ2n) is 7.62. The van der Waals surface area contributed by atoms with E-state index in [2.05, 4.69) is 35.3 Å². The van der Waals surface area contributed by atoms with Crippen molar-refractivity contribution >= 4 is 11.9 Å². The molecule has 2 aromatic rings. The Labute approximate surface area is 185 Å². The molecule has 1 aliphatic heterocycles. The van der Waals surface area contributed by atoms with Crippen molar-refractivity contribution in [2.45, 2.75) is 38.0 Å². The van der Waals surface area contributed by atoms with Crippen LogP contribution in [-0.4, -0.2) is 81.8 Å². The van der Waals surface area contributed by atoms with Gasteiger partial charge in [0.05, 0.1) is 14.2 Å². The molecule has 32 heavy (non-hydrogen) atoms. The van der Waals surface area contributed by atoms with Crippen molar-refractivity contribution in [2.24, 2.45) is 0 Å². The summed E-state index contributed by atoms with van der Waals surface area (Å²) in [5.41, 5.74) is 6.71. The number of nitrogens with zero attached hydrogens (tertiary/aromatic N) is 1. The average Bonchev–Trinajstić information content (AvgIpc) is 3.26. The number of nitrogens with one attached hydrogen (secondary N) is 1. The molecule has 2 heterocycles. The fraction of sp³-hybridized carbons (Fsp3) is 0.455. The van der Waals surface area contributed by atoms with Crippen LogP contribution in [0.3, 0.4) is 0 Å². The Hall–Kier alpha value is -3.08. The van der Waals surface area contributed by atoms with E-state index in [1.807, 2.05) is 0 Å². The molecular formula is C22H28N2O8. The Balaban J connectivity index is 0.000000247. The molecule has 0 fully saturated rings. The molecule has 4 rings (SSSR count). The number of carboxylic acids is 2. The van der Waals surface area contributed by atoms with Crippen LogP contribution in [0.25, 0.3) is 11.1 Å². The van der Waals surface area contributed by atoms with Gasteiger partial charge in [0.15, 0.2) is 23.7 Å². The Kier molecular flexibility index (Phi) is 7.07. The van der Waals surface area contributed by atoms with Crippen LogP contribution in [0.1, 0.15) is 29.7 Å². The Morgan fingerprint density at radius 2 is 1.78 bits per heavy atom. The Morgan fingerprint density at radius 1 is 1.12 bits per heavy atom. The molecular weight excluding hydrogens is 420 g/mol. The number of aromatic nitrogens is 1. The standard InChI is InChI=1S/C18H22N2O2.C4H6O6/c1-4-20-6-5-11-8-15(21-2)18(22-3)17-13-10-19-9-12(13)7-14(20)16(11)17;5-1(3(7)8)2(6)4(9)10/h8-10,14,19H,4-7H2,1-3H3;1-2,5-6H,(H,7,8)(H,9,10). The number of likely N-dealkylation sites (N-methyl/N-ethyl adjacent to an activating group) is 1. The van der Waals surface area contributed by atoms with Crippen LogP contribution in [0.15, 0.2) is 18.5 Å². The molecule has 1 aromatic carbocycles. The predicted molar refractivity (Wildman–Crippen MR) is 114 cm³/mol. The molecule has 3 atom stereocenters. The van der Waals surface area contributed by atoms with Gasteiger partial charge in [-0.15, -0.1) is 0 Å². The summed E-state index contributed by atoms with van der Waals surface area (Å²) in [6, 6.07) is 2.63. The second kappa shape index (κ2) is 9.60. The zero-order chi connectivity index (χ0) is 23.6. The number of hydrogen-bond acceptors (Lipinski definition) is 7. The fourth-order valence-corrected chi connectivity index (χ4v) is 4.40. The maximum Gasteiger partial charge on any atom is 0.335 e. The third-order valence-corrected chi connectivity index (χ3v) is 5.96. The first kappa shape index (κ1) is 23.6. The molecule has 0 radical (unpaired) electrons. The monoisotopic (exact) mass is 448 g/mol. The number of ether oxygens (including phenoxy) is 2. The number of aliphatic hydroxyl groups is 2. The first-order chi connectivity index (χ1) is 15.2. The molecule has 174 valence electrons. The largest absolute Gasteiger partial charge is 0.493 e. The van der Waals surface area contributed by atoms with Gasteiger partial charge in [0, 0.05) is 36.1 Å². The van der Waals surface area contributed by atoms with Gasteiger partial charge in [-0.25, -0.2) is 9.59 Å². The lowest BCUT2D eigenvalue weighted by Crippen LogP contribution is -2.39. The average molecular weight is 448 g/mol. The number of carboxylic acid groups (broad SMARTS) is 2. The molecule has 0 saturated carbocycles. The van der Waals surface area contributed by atoms with Gasteiger partial charge in [0.1, 0.15) is 0 Å². The smallest absolute Gasteiger partial charge is 0.335 e. The summed E-state index contributed by atoms with van der Waals surface area (Å²) in [5, 5.41) is 32.5. The fourth-order valence-electron chi connectivity index (χ4n) is 4.40. The Morgan fingerprint density at radius 3 is 2.31 bits per heavy atom. The lowest BCUT2D eigenvalue weighted by Gasteiger charge is -2.41. The van der Waals surface area contributed by atoms with E-state index >= 15 is 0 Å². The SMILES string of the molecule is CCN1CCc2cc(OC)c(OC)c3c2C1Cc1c[nH]cc1-3.O=C(O)C(O)C(O)C(=O)O. The van der Waals surface area contributed by atoms with E-state index in [0.717, 1.165) is 37.4 Å². The van der Waals surface area contributed by atoms with Crippen molar-refractivity contribution in [3.63, 3.8) is 0 Å². The van der Waals surface area contributed by atoms with Gasteiger partial charge in [0.25, 0.3) is 0 Å². The van der Waals surface area contributed by atoms with Crippen LogP contribution in [0.2, 0.25) is 0 Å². The minimum Gasteiger partial charge on any atom is -0.493 e. The van der Waals surface area contributed by atoms with Crippen molar-refractivity contribution in [3.05, 3.63) is 35.2 Å². The third-order valence-electron chi connectivity index (χ3n) is 5.96. The number of benzene rings is 1. The van der Waals surface area contributed by atoms with Gasteiger partial charge >= 0.3 is 11.9 Å². The van der Waals surface area contributed by atoms with Crippen molar-refractivity contribution in [2.75, 3.05) is 27.3 Å². The van der Waals surface area contributed by atoms with E-state index in [-0.39, 0.29) is 0 Å². The summed E-state index contributed by atoms with van der Waals surface area (Å²) in [7, 11) is 3.45. The summed E-state index contributed by atoms with van der Waals surface area (Å²) < 4.78 is 11.3. The van der Waals surface area contributed by atoms with Crippen LogP contribution < -0.4 is 9.47 Å². The van der Waals surface area contributed by atoms with Gasteiger partial charge in [-0.2, -0.15) is 0 Å². The first-order valence-electron chi connectivity index (χ1n) is 10.2. The molecule has 10 heteroatoms. The molecule has 10 nitrogen and oxygen atoms in total. The third kappa shape index (κ3) is 4.16. The number of hydrogen-bond donors (Lipinski definition) is 5. The van der Waals surface area contributed by atoms with Gasteiger partial charge in [-0.1, -0.05) is 6.92 Å². The molecule has 5 N–H and O–H groups in total. The lowest BCUT2D eigenvalue weighted by atomic mass is 9.78. The summed E-state index contributed by atoms with van der Waals surface area (Å²) in [4.78, 5) is 25.4. The van der Waals surface area contributed by atoms with Crippen molar-refractivity contribution in [1.82, 2.24) is 9.88 Å². The van der Waals surface area contributed by atoms with Crippen molar-refractivity contribution < 1.29 is 39.5 Å². The van der Waals surface area contributed by atoms with E-state index in [4.69, 9.17) is 29.9 Å². The van der Waals surface area contributed by atoms with Crippen LogP contribution in [-0.2, 0) is 22.4 Å². The molecule has 0 saturated heterocycles. The van der Waals surface area contributed by atoms with Gasteiger partial charge in [0.2, 0.25) is 0 Å². The number of aliphatic hydroxyl groups excluding tert-OH is 2. The summed E-state index contributed by atoms with van der Waals surface area (Å²) in [6.07, 6.45) is 1.83. The minimum absolute atomic E-state index is 0.451. The Bertz CT molecular complexity index is 984. The van der Waals surface area contributed by atoms with E-state index in [9.17, 15) is 9.59 Å². The first-order valence-corrected chi connectivity index (χ1v) is 10.2. The highest BCUT2D eigenvalue weighted by Gasteiger charge is 2.37. The van der Waals surface area contributed by atoms with Crippen molar-refractivity contribution in [1.29, 1.82) is 0 Å². The molecule has 0 bridgehead atoms. The number of aliphatic carboxylic acids is 2. The number of rotatable bonds is 6. The van der Waals surface area contributed by atoms with E-state index in [0.29, 0.717) is 6.04 Å².